The molecule has 0 aliphatic carbocycles. The third kappa shape index (κ3) is 3.17. The molecule has 0 amide bonds. The molecule has 3 aromatic rings. The highest BCUT2D eigenvalue weighted by Crippen LogP contribution is 2.25. The van der Waals surface area contributed by atoms with Crippen LogP contribution in [0.25, 0.3) is 0 Å². The Labute approximate surface area is 123 Å². The van der Waals surface area contributed by atoms with Gasteiger partial charge in [0.15, 0.2) is 0 Å². The molecule has 0 bridgehead atoms. The van der Waals surface area contributed by atoms with Gasteiger partial charge in [-0.25, -0.2) is 4.98 Å². The fourth-order valence-corrected chi connectivity index (χ4v) is 2.22. The Morgan fingerprint density at radius 1 is 0.810 bits per heavy atom. The molecule has 0 unspecified atom stereocenters. The zero-order valence-corrected chi connectivity index (χ0v) is 11.5. The van der Waals surface area contributed by atoms with Crippen LogP contribution in [0.3, 0.4) is 0 Å². The van der Waals surface area contributed by atoms with Crippen LogP contribution in [-0.2, 0) is 0 Å². The van der Waals surface area contributed by atoms with Crippen molar-refractivity contribution in [3.05, 3.63) is 84.1 Å². The minimum atomic E-state index is -0.0193. The monoisotopic (exact) mass is 276 g/mol. The number of anilines is 2. The van der Waals surface area contributed by atoms with Gasteiger partial charge >= 0.3 is 0 Å². The van der Waals surface area contributed by atoms with Crippen LogP contribution >= 0.6 is 0 Å². The average molecular weight is 276 g/mol. The van der Waals surface area contributed by atoms with Gasteiger partial charge in [0.25, 0.3) is 0 Å². The minimum absolute atomic E-state index is 0.0193. The van der Waals surface area contributed by atoms with Crippen molar-refractivity contribution in [1.82, 2.24) is 9.97 Å². The van der Waals surface area contributed by atoms with E-state index in [0.29, 0.717) is 11.8 Å². The Morgan fingerprint density at radius 2 is 1.38 bits per heavy atom. The smallest absolute Gasteiger partial charge is 0.225 e. The molecule has 0 aliphatic rings. The Bertz CT molecular complexity index is 659. The molecule has 1 aromatic heterocycles. The van der Waals surface area contributed by atoms with E-state index in [1.54, 1.807) is 12.3 Å². The van der Waals surface area contributed by atoms with Crippen LogP contribution in [0.2, 0.25) is 0 Å². The van der Waals surface area contributed by atoms with Crippen LogP contribution in [0.4, 0.5) is 11.8 Å². The quantitative estimate of drug-likeness (QED) is 0.767. The highest BCUT2D eigenvalue weighted by molar-refractivity contribution is 5.43. The summed E-state index contributed by atoms with van der Waals surface area (Å²) < 4.78 is 0. The van der Waals surface area contributed by atoms with Crippen molar-refractivity contribution in [3.63, 3.8) is 0 Å². The summed E-state index contributed by atoms with van der Waals surface area (Å²) >= 11 is 0. The fraction of sp³-hybridized carbons (Fsp3) is 0.0588. The van der Waals surface area contributed by atoms with Crippen LogP contribution in [0.1, 0.15) is 17.2 Å². The molecular weight excluding hydrogens is 260 g/mol. The van der Waals surface area contributed by atoms with E-state index in [2.05, 4.69) is 39.6 Å². The van der Waals surface area contributed by atoms with Crippen LogP contribution in [0, 0.1) is 0 Å². The number of nitrogen functional groups attached to an aromatic ring is 1. The summed E-state index contributed by atoms with van der Waals surface area (Å²) in [6.07, 6.45) is 1.65. The third-order valence-electron chi connectivity index (χ3n) is 3.22. The molecule has 21 heavy (non-hydrogen) atoms. The van der Waals surface area contributed by atoms with E-state index in [4.69, 9.17) is 5.73 Å². The summed E-state index contributed by atoms with van der Waals surface area (Å²) in [4.78, 5) is 8.45. The predicted molar refractivity (Wildman–Crippen MR) is 84.8 cm³/mol. The number of benzene rings is 2. The molecule has 0 aliphatic heterocycles. The predicted octanol–water partition coefficient (Wildman–Crippen LogP) is 3.26. The number of rotatable bonds is 4. The van der Waals surface area contributed by atoms with Crippen molar-refractivity contribution in [1.29, 1.82) is 0 Å². The molecule has 2 aromatic carbocycles. The van der Waals surface area contributed by atoms with Crippen molar-refractivity contribution < 1.29 is 0 Å². The van der Waals surface area contributed by atoms with E-state index in [0.717, 1.165) is 11.1 Å². The SMILES string of the molecule is Nc1ccnc(NC(c2ccccc2)c2ccccc2)n1. The fourth-order valence-electron chi connectivity index (χ4n) is 2.22. The van der Waals surface area contributed by atoms with Gasteiger partial charge in [-0.2, -0.15) is 4.98 Å². The van der Waals surface area contributed by atoms with Crippen LogP contribution < -0.4 is 11.1 Å². The molecule has 4 nitrogen and oxygen atoms in total. The first kappa shape index (κ1) is 13.1. The molecule has 104 valence electrons. The molecule has 0 saturated carbocycles. The Balaban J connectivity index is 1.97. The lowest BCUT2D eigenvalue weighted by atomic mass is 9.99. The number of nitrogens with one attached hydrogen (secondary N) is 1. The van der Waals surface area contributed by atoms with Crippen molar-refractivity contribution in [2.45, 2.75) is 6.04 Å². The number of nitrogens with zero attached hydrogens (tertiary/aromatic N) is 2. The molecule has 3 N–H and O–H groups in total. The molecule has 0 radical (unpaired) electrons. The van der Waals surface area contributed by atoms with Crippen LogP contribution in [0.15, 0.2) is 72.9 Å². The second-order valence-electron chi connectivity index (χ2n) is 4.70. The minimum Gasteiger partial charge on any atom is -0.384 e. The highest BCUT2D eigenvalue weighted by atomic mass is 15.1. The second-order valence-corrected chi connectivity index (χ2v) is 4.70. The molecule has 4 heteroatoms. The molecule has 0 atom stereocenters. The second kappa shape index (κ2) is 6.05. The summed E-state index contributed by atoms with van der Waals surface area (Å²) in [5.74, 6) is 0.972. The van der Waals surface area contributed by atoms with Gasteiger partial charge in [-0.15, -0.1) is 0 Å². The van der Waals surface area contributed by atoms with Gasteiger partial charge in [0.1, 0.15) is 5.82 Å². The Hall–Kier alpha value is -2.88. The maximum absolute atomic E-state index is 5.72. The van der Waals surface area contributed by atoms with Crippen LogP contribution in [-0.4, -0.2) is 9.97 Å². The normalized spacial score (nSPS) is 10.5. The van der Waals surface area contributed by atoms with E-state index in [-0.39, 0.29) is 6.04 Å². The number of aromatic nitrogens is 2. The molecule has 0 spiro atoms. The van der Waals surface area contributed by atoms with Crippen LogP contribution in [0.5, 0.6) is 0 Å². The average Bonchev–Trinajstić information content (AvgIpc) is 2.54. The van der Waals surface area contributed by atoms with E-state index >= 15 is 0 Å². The summed E-state index contributed by atoms with van der Waals surface area (Å²) in [6.45, 7) is 0. The van der Waals surface area contributed by atoms with E-state index in [1.165, 1.54) is 0 Å². The lowest BCUT2D eigenvalue weighted by molar-refractivity contribution is 0.909. The third-order valence-corrected chi connectivity index (χ3v) is 3.22. The largest absolute Gasteiger partial charge is 0.384 e. The van der Waals surface area contributed by atoms with Gasteiger partial charge in [0.05, 0.1) is 6.04 Å². The standard InChI is InChI=1S/C17H16N4/c18-15-11-12-19-17(20-15)21-16(13-7-3-1-4-8-13)14-9-5-2-6-10-14/h1-12,16H,(H3,18,19,20,21). The summed E-state index contributed by atoms with van der Waals surface area (Å²) in [5.41, 5.74) is 8.02. The molecular formula is C17H16N4. The number of nitrogens with two attached hydrogens (primary N) is 1. The van der Waals surface area contributed by atoms with Gasteiger partial charge in [0.2, 0.25) is 5.95 Å². The summed E-state index contributed by atoms with van der Waals surface area (Å²) in [7, 11) is 0. The van der Waals surface area contributed by atoms with Gasteiger partial charge in [-0.3, -0.25) is 0 Å². The molecule has 3 rings (SSSR count). The Morgan fingerprint density at radius 3 is 1.90 bits per heavy atom. The van der Waals surface area contributed by atoms with E-state index in [1.807, 2.05) is 36.4 Å². The molecule has 0 fully saturated rings. The number of hydrogen-bond acceptors (Lipinski definition) is 4. The summed E-state index contributed by atoms with van der Waals surface area (Å²) in [6, 6.07) is 22.1. The van der Waals surface area contributed by atoms with Gasteiger partial charge in [-0.05, 0) is 17.2 Å². The maximum atomic E-state index is 5.72. The van der Waals surface area contributed by atoms with Gasteiger partial charge in [-0.1, -0.05) is 60.7 Å². The molecule has 1 heterocycles. The van der Waals surface area contributed by atoms with Gasteiger partial charge < -0.3 is 11.1 Å². The lowest BCUT2D eigenvalue weighted by Crippen LogP contribution is -2.14. The number of hydrogen-bond donors (Lipinski definition) is 2. The first-order valence-corrected chi connectivity index (χ1v) is 6.78. The molecule has 0 saturated heterocycles. The van der Waals surface area contributed by atoms with Crippen molar-refractivity contribution in [3.8, 4) is 0 Å². The summed E-state index contributed by atoms with van der Waals surface area (Å²) in [5, 5.41) is 3.35. The first-order valence-electron chi connectivity index (χ1n) is 6.78. The zero-order valence-electron chi connectivity index (χ0n) is 11.5. The van der Waals surface area contributed by atoms with Crippen molar-refractivity contribution >= 4 is 11.8 Å². The van der Waals surface area contributed by atoms with Crippen molar-refractivity contribution in [2.75, 3.05) is 11.1 Å². The maximum Gasteiger partial charge on any atom is 0.225 e. The lowest BCUT2D eigenvalue weighted by Gasteiger charge is -2.19. The highest BCUT2D eigenvalue weighted by Gasteiger charge is 2.14. The van der Waals surface area contributed by atoms with Crippen molar-refractivity contribution in [2.24, 2.45) is 0 Å². The topological polar surface area (TPSA) is 63.8 Å². The van der Waals surface area contributed by atoms with E-state index < -0.39 is 0 Å². The first-order chi connectivity index (χ1) is 10.3. The zero-order chi connectivity index (χ0) is 14.5. The van der Waals surface area contributed by atoms with E-state index in [9.17, 15) is 0 Å². The van der Waals surface area contributed by atoms with Gasteiger partial charge in [0, 0.05) is 6.20 Å². The Kier molecular flexibility index (Phi) is 3.78.